The fourth-order valence-electron chi connectivity index (χ4n) is 2.48. The van der Waals surface area contributed by atoms with Gasteiger partial charge in [0.1, 0.15) is 11.9 Å². The maximum absolute atomic E-state index is 13.1. The molecule has 4 nitrogen and oxygen atoms in total. The average molecular weight is 264 g/mol. The standard InChI is InChI=1S/C14H17FN2O2/c15-10-3-1-2-9(6-10)11-7-12(11)17-14(18)13-8-19-5-4-16-13/h1-3,6,11-13,16H,4-5,7-8H2,(H,17,18)/t11-,12-,13+/m1/s1. The summed E-state index contributed by atoms with van der Waals surface area (Å²) < 4.78 is 18.4. The average Bonchev–Trinajstić information content (AvgIpc) is 3.19. The second-order valence-electron chi connectivity index (χ2n) is 5.09. The Morgan fingerprint density at radius 2 is 2.37 bits per heavy atom. The molecule has 0 aromatic heterocycles. The SMILES string of the molecule is O=C(N[C@@H]1C[C@@H]1c1cccc(F)c1)[C@@H]1COCCN1. The minimum atomic E-state index is -0.262. The predicted molar refractivity (Wildman–Crippen MR) is 68.3 cm³/mol. The summed E-state index contributed by atoms with van der Waals surface area (Å²) in [6.45, 7) is 1.78. The Hall–Kier alpha value is -1.46. The van der Waals surface area contributed by atoms with E-state index in [1.807, 2.05) is 6.07 Å². The van der Waals surface area contributed by atoms with E-state index in [9.17, 15) is 9.18 Å². The number of hydrogen-bond acceptors (Lipinski definition) is 3. The van der Waals surface area contributed by atoms with Crippen molar-refractivity contribution in [1.29, 1.82) is 0 Å². The first-order valence-corrected chi connectivity index (χ1v) is 6.61. The summed E-state index contributed by atoms with van der Waals surface area (Å²) in [5, 5.41) is 6.11. The first-order valence-electron chi connectivity index (χ1n) is 6.61. The van der Waals surface area contributed by atoms with Gasteiger partial charge in [0.25, 0.3) is 0 Å². The van der Waals surface area contributed by atoms with Crippen molar-refractivity contribution >= 4 is 5.91 Å². The van der Waals surface area contributed by atoms with E-state index in [0.29, 0.717) is 19.8 Å². The molecule has 1 aromatic carbocycles. The Bertz CT molecular complexity index is 474. The number of halogens is 1. The number of rotatable bonds is 3. The van der Waals surface area contributed by atoms with Gasteiger partial charge in [-0.3, -0.25) is 4.79 Å². The van der Waals surface area contributed by atoms with E-state index in [1.54, 1.807) is 12.1 Å². The molecule has 0 radical (unpaired) electrons. The van der Waals surface area contributed by atoms with Gasteiger partial charge >= 0.3 is 0 Å². The van der Waals surface area contributed by atoms with Crippen molar-refractivity contribution in [2.45, 2.75) is 24.4 Å². The van der Waals surface area contributed by atoms with E-state index in [1.165, 1.54) is 6.07 Å². The zero-order valence-electron chi connectivity index (χ0n) is 10.6. The van der Waals surface area contributed by atoms with Crippen molar-refractivity contribution in [2.75, 3.05) is 19.8 Å². The minimum Gasteiger partial charge on any atom is -0.378 e. The minimum absolute atomic E-state index is 0.0244. The molecule has 3 rings (SSSR count). The highest BCUT2D eigenvalue weighted by atomic mass is 19.1. The summed E-state index contributed by atoms with van der Waals surface area (Å²) in [7, 11) is 0. The molecule has 5 heteroatoms. The monoisotopic (exact) mass is 264 g/mol. The number of ether oxygens (including phenoxy) is 1. The molecule has 1 amide bonds. The van der Waals surface area contributed by atoms with E-state index < -0.39 is 0 Å². The third-order valence-electron chi connectivity index (χ3n) is 3.63. The van der Waals surface area contributed by atoms with Crippen LogP contribution in [0.5, 0.6) is 0 Å². The van der Waals surface area contributed by atoms with Crippen LogP contribution >= 0.6 is 0 Å². The summed E-state index contributed by atoms with van der Waals surface area (Å²) in [5.74, 6) is -0.00964. The van der Waals surface area contributed by atoms with Crippen molar-refractivity contribution in [3.05, 3.63) is 35.6 Å². The molecule has 1 heterocycles. The second kappa shape index (κ2) is 5.27. The predicted octanol–water partition coefficient (Wildman–Crippen LogP) is 0.786. The van der Waals surface area contributed by atoms with Crippen LogP contribution < -0.4 is 10.6 Å². The van der Waals surface area contributed by atoms with E-state index in [2.05, 4.69) is 10.6 Å². The highest BCUT2D eigenvalue weighted by molar-refractivity contribution is 5.82. The highest BCUT2D eigenvalue weighted by Gasteiger charge is 2.40. The van der Waals surface area contributed by atoms with Crippen LogP contribution in [0.1, 0.15) is 17.9 Å². The lowest BCUT2D eigenvalue weighted by atomic mass is 10.1. The van der Waals surface area contributed by atoms with Gasteiger partial charge < -0.3 is 15.4 Å². The van der Waals surface area contributed by atoms with E-state index in [4.69, 9.17) is 4.74 Å². The van der Waals surface area contributed by atoms with Gasteiger partial charge in [-0.1, -0.05) is 12.1 Å². The Morgan fingerprint density at radius 1 is 1.47 bits per heavy atom. The third-order valence-corrected chi connectivity index (χ3v) is 3.63. The van der Waals surface area contributed by atoms with Crippen LogP contribution in [-0.2, 0) is 9.53 Å². The van der Waals surface area contributed by atoms with Crippen LogP contribution in [-0.4, -0.2) is 37.7 Å². The van der Waals surface area contributed by atoms with E-state index >= 15 is 0 Å². The van der Waals surface area contributed by atoms with Crippen LogP contribution in [0.4, 0.5) is 4.39 Å². The maximum atomic E-state index is 13.1. The van der Waals surface area contributed by atoms with Crippen LogP contribution in [0.2, 0.25) is 0 Å². The molecule has 1 aliphatic heterocycles. The molecule has 19 heavy (non-hydrogen) atoms. The summed E-state index contributed by atoms with van der Waals surface area (Å²) in [5.41, 5.74) is 0.957. The van der Waals surface area contributed by atoms with Gasteiger partial charge in [0.15, 0.2) is 0 Å². The molecule has 0 spiro atoms. The lowest BCUT2D eigenvalue weighted by Crippen LogP contribution is -2.51. The topological polar surface area (TPSA) is 50.4 Å². The summed E-state index contributed by atoms with van der Waals surface area (Å²) in [6.07, 6.45) is 0.878. The van der Waals surface area contributed by atoms with Gasteiger partial charge in [0.2, 0.25) is 5.91 Å². The van der Waals surface area contributed by atoms with Crippen molar-refractivity contribution in [3.63, 3.8) is 0 Å². The number of benzene rings is 1. The van der Waals surface area contributed by atoms with Crippen LogP contribution in [0.25, 0.3) is 0 Å². The van der Waals surface area contributed by atoms with Gasteiger partial charge in [0.05, 0.1) is 13.2 Å². The number of morpholine rings is 1. The van der Waals surface area contributed by atoms with Crippen LogP contribution in [0.3, 0.4) is 0 Å². The van der Waals surface area contributed by atoms with Crippen molar-refractivity contribution in [3.8, 4) is 0 Å². The fraction of sp³-hybridized carbons (Fsp3) is 0.500. The fourth-order valence-corrected chi connectivity index (χ4v) is 2.48. The lowest BCUT2D eigenvalue weighted by molar-refractivity contribution is -0.126. The normalized spacial score (nSPS) is 29.8. The number of hydrogen-bond donors (Lipinski definition) is 2. The molecule has 0 bridgehead atoms. The number of carbonyl (C=O) groups is 1. The zero-order valence-corrected chi connectivity index (χ0v) is 10.6. The Labute approximate surface area is 111 Å². The Balaban J connectivity index is 1.54. The lowest BCUT2D eigenvalue weighted by Gasteiger charge is -2.22. The first-order chi connectivity index (χ1) is 9.24. The molecule has 1 aromatic rings. The molecule has 102 valence electrons. The van der Waals surface area contributed by atoms with Gasteiger partial charge in [-0.05, 0) is 24.1 Å². The summed E-state index contributed by atoms with van der Waals surface area (Å²) >= 11 is 0. The quantitative estimate of drug-likeness (QED) is 0.848. The molecule has 2 aliphatic rings. The summed E-state index contributed by atoms with van der Waals surface area (Å²) in [4.78, 5) is 12.0. The Morgan fingerprint density at radius 3 is 3.11 bits per heavy atom. The third kappa shape index (κ3) is 2.93. The molecule has 1 aliphatic carbocycles. The van der Waals surface area contributed by atoms with Gasteiger partial charge in [-0.15, -0.1) is 0 Å². The molecule has 1 saturated carbocycles. The number of carbonyl (C=O) groups excluding carboxylic acids is 1. The molecule has 2 N–H and O–H groups in total. The van der Waals surface area contributed by atoms with Gasteiger partial charge in [-0.2, -0.15) is 0 Å². The van der Waals surface area contributed by atoms with Gasteiger partial charge in [-0.25, -0.2) is 4.39 Å². The van der Waals surface area contributed by atoms with E-state index in [-0.39, 0.29) is 29.7 Å². The molecule has 3 atom stereocenters. The molecular formula is C14H17FN2O2. The van der Waals surface area contributed by atoms with Crippen LogP contribution in [0, 0.1) is 5.82 Å². The highest BCUT2D eigenvalue weighted by Crippen LogP contribution is 2.40. The molecule has 2 fully saturated rings. The van der Waals surface area contributed by atoms with Gasteiger partial charge in [0, 0.05) is 18.5 Å². The molecule has 1 saturated heterocycles. The zero-order chi connectivity index (χ0) is 13.2. The first kappa shape index (κ1) is 12.6. The Kier molecular flexibility index (Phi) is 3.48. The maximum Gasteiger partial charge on any atom is 0.239 e. The summed E-state index contributed by atoms with van der Waals surface area (Å²) in [6, 6.07) is 6.45. The number of nitrogens with one attached hydrogen (secondary N) is 2. The smallest absolute Gasteiger partial charge is 0.239 e. The van der Waals surface area contributed by atoms with Crippen molar-refractivity contribution in [1.82, 2.24) is 10.6 Å². The second-order valence-corrected chi connectivity index (χ2v) is 5.09. The van der Waals surface area contributed by atoms with Crippen LogP contribution in [0.15, 0.2) is 24.3 Å². The molecule has 0 unspecified atom stereocenters. The van der Waals surface area contributed by atoms with E-state index in [0.717, 1.165) is 12.0 Å². The number of amides is 1. The van der Waals surface area contributed by atoms with Crippen molar-refractivity contribution < 1.29 is 13.9 Å². The molecular weight excluding hydrogens is 247 g/mol. The van der Waals surface area contributed by atoms with Crippen molar-refractivity contribution in [2.24, 2.45) is 0 Å². The largest absolute Gasteiger partial charge is 0.378 e.